The Balaban J connectivity index is 1.55. The third-order valence-electron chi connectivity index (χ3n) is 6.81. The number of benzene rings is 1. The molecule has 7 nitrogen and oxygen atoms in total. The summed E-state index contributed by atoms with van der Waals surface area (Å²) in [6.07, 6.45) is -15.9. The number of anilines is 1. The van der Waals surface area contributed by atoms with Gasteiger partial charge in [0.25, 0.3) is 6.10 Å². The highest BCUT2D eigenvalue weighted by Crippen LogP contribution is 2.37. The first-order chi connectivity index (χ1) is 17.1. The Morgan fingerprint density at radius 1 is 1.03 bits per heavy atom. The molecule has 0 unspecified atom stereocenters. The van der Waals surface area contributed by atoms with Crippen LogP contribution >= 0.6 is 0 Å². The zero-order valence-electron chi connectivity index (χ0n) is 20.5. The van der Waals surface area contributed by atoms with Crippen LogP contribution < -0.4 is 4.90 Å². The van der Waals surface area contributed by atoms with Crippen LogP contribution in [-0.4, -0.2) is 72.3 Å². The summed E-state index contributed by atoms with van der Waals surface area (Å²) in [5.41, 5.74) is 2.07. The highest BCUT2D eigenvalue weighted by atomic mass is 19.4. The molecule has 0 aromatic heterocycles. The number of halogens is 6. The molecule has 2 saturated heterocycles. The smallest absolute Gasteiger partial charge is 0.434 e. The minimum absolute atomic E-state index is 0.116. The number of rotatable bonds is 6. The topological polar surface area (TPSA) is 79.3 Å². The summed E-state index contributed by atoms with van der Waals surface area (Å²) in [6.45, 7) is 4.92. The van der Waals surface area contributed by atoms with E-state index in [9.17, 15) is 41.0 Å². The van der Waals surface area contributed by atoms with E-state index in [1.54, 1.807) is 6.92 Å². The second kappa shape index (κ2) is 11.0. The molecule has 1 N–H and O–H groups in total. The van der Waals surface area contributed by atoms with Crippen LogP contribution in [0.1, 0.15) is 43.7 Å². The number of hydrogen-bond acceptors (Lipinski definition) is 5. The molecule has 1 amide bonds. The molecule has 0 saturated carbocycles. The van der Waals surface area contributed by atoms with Gasteiger partial charge in [-0.2, -0.15) is 26.3 Å². The Kier molecular flexibility index (Phi) is 8.55. The fraction of sp³-hybridized carbons (Fsp3) is 0.667. The predicted octanol–water partition coefficient (Wildman–Crippen LogP) is 5.30. The van der Waals surface area contributed by atoms with Gasteiger partial charge in [0.1, 0.15) is 0 Å². The lowest BCUT2D eigenvalue weighted by molar-refractivity contribution is -0.308. The number of aryl methyl sites for hydroxylation is 1. The minimum atomic E-state index is -5.76. The van der Waals surface area contributed by atoms with Crippen molar-refractivity contribution in [2.75, 3.05) is 31.1 Å². The molecule has 1 aromatic carbocycles. The standard InChI is InChI=1S/C24H30F6N2O5/c1-15-11-16(13-18(12-15)31-7-3-17(4-8-31)19(33)34)14-36-22(2)5-9-32(10-6-22)21(35)37-20(23(25,26)27)24(28,29)30/h11-13,17,20H,3-10,14H2,1-2H3,(H,33,34). The molecule has 0 aliphatic carbocycles. The normalized spacial score (nSPS) is 19.3. The van der Waals surface area contributed by atoms with Crippen LogP contribution in [0.3, 0.4) is 0 Å². The summed E-state index contributed by atoms with van der Waals surface area (Å²) >= 11 is 0. The van der Waals surface area contributed by atoms with Crippen LogP contribution in [0.25, 0.3) is 0 Å². The van der Waals surface area contributed by atoms with Gasteiger partial charge in [-0.15, -0.1) is 0 Å². The van der Waals surface area contributed by atoms with Crippen LogP contribution in [0.15, 0.2) is 18.2 Å². The van der Waals surface area contributed by atoms with Gasteiger partial charge in [-0.1, -0.05) is 6.07 Å². The molecule has 208 valence electrons. The van der Waals surface area contributed by atoms with Crippen molar-refractivity contribution in [1.82, 2.24) is 4.90 Å². The van der Waals surface area contributed by atoms with Gasteiger partial charge in [-0.3, -0.25) is 4.79 Å². The van der Waals surface area contributed by atoms with Crippen molar-refractivity contribution >= 4 is 17.7 Å². The van der Waals surface area contributed by atoms with E-state index in [0.717, 1.165) is 21.7 Å². The molecule has 2 aliphatic heterocycles. The van der Waals surface area contributed by atoms with Gasteiger partial charge in [0.05, 0.1) is 18.1 Å². The number of alkyl halides is 6. The van der Waals surface area contributed by atoms with Crippen molar-refractivity contribution in [3.63, 3.8) is 0 Å². The Morgan fingerprint density at radius 3 is 2.11 bits per heavy atom. The van der Waals surface area contributed by atoms with Crippen LogP contribution in [0.5, 0.6) is 0 Å². The zero-order valence-corrected chi connectivity index (χ0v) is 20.5. The molecule has 2 heterocycles. The molecule has 13 heteroatoms. The van der Waals surface area contributed by atoms with Crippen LogP contribution in [0.2, 0.25) is 0 Å². The number of nitrogens with zero attached hydrogens (tertiary/aromatic N) is 2. The second-order valence-corrected chi connectivity index (χ2v) is 9.85. The fourth-order valence-electron chi connectivity index (χ4n) is 4.55. The molecule has 0 atom stereocenters. The lowest BCUT2D eigenvalue weighted by Gasteiger charge is -2.39. The van der Waals surface area contributed by atoms with Gasteiger partial charge in [-0.25, -0.2) is 4.79 Å². The average Bonchev–Trinajstić information content (AvgIpc) is 2.80. The van der Waals surface area contributed by atoms with Gasteiger partial charge in [0.2, 0.25) is 0 Å². The summed E-state index contributed by atoms with van der Waals surface area (Å²) in [4.78, 5) is 26.1. The third-order valence-corrected chi connectivity index (χ3v) is 6.81. The van der Waals surface area contributed by atoms with Crippen molar-refractivity contribution in [1.29, 1.82) is 0 Å². The van der Waals surface area contributed by atoms with E-state index in [0.29, 0.717) is 25.9 Å². The number of carbonyl (C=O) groups is 2. The summed E-state index contributed by atoms with van der Waals surface area (Å²) in [5, 5.41) is 9.20. The Morgan fingerprint density at radius 2 is 1.59 bits per heavy atom. The number of carboxylic acids is 1. The number of piperidine rings is 2. The highest BCUT2D eigenvalue weighted by Gasteiger charge is 2.60. The molecule has 2 fully saturated rings. The SMILES string of the molecule is Cc1cc(COC2(C)CCN(C(=O)OC(C(F)(F)F)C(F)(F)F)CC2)cc(N2CCC(C(=O)O)CC2)c1. The van der Waals surface area contributed by atoms with E-state index in [-0.39, 0.29) is 38.5 Å². The third kappa shape index (κ3) is 7.65. The quantitative estimate of drug-likeness (QED) is 0.494. The van der Waals surface area contributed by atoms with Gasteiger partial charge in [0, 0.05) is 31.9 Å². The molecule has 2 aliphatic rings. The van der Waals surface area contributed by atoms with Crippen molar-refractivity contribution in [2.24, 2.45) is 5.92 Å². The van der Waals surface area contributed by atoms with E-state index >= 15 is 0 Å². The maximum absolute atomic E-state index is 12.7. The Hall–Kier alpha value is -2.70. The molecule has 37 heavy (non-hydrogen) atoms. The highest BCUT2D eigenvalue weighted by molar-refractivity contribution is 5.70. The minimum Gasteiger partial charge on any atom is -0.481 e. The largest absolute Gasteiger partial charge is 0.481 e. The van der Waals surface area contributed by atoms with E-state index in [2.05, 4.69) is 9.64 Å². The maximum Gasteiger partial charge on any atom is 0.434 e. The first kappa shape index (κ1) is 28.9. The van der Waals surface area contributed by atoms with E-state index < -0.39 is 36.1 Å². The number of ether oxygens (including phenoxy) is 2. The number of amides is 1. The molecule has 0 bridgehead atoms. The van der Waals surface area contributed by atoms with Crippen LogP contribution in [0, 0.1) is 12.8 Å². The number of aliphatic carboxylic acids is 1. The Bertz CT molecular complexity index is 953. The van der Waals surface area contributed by atoms with Crippen LogP contribution in [0.4, 0.5) is 36.8 Å². The summed E-state index contributed by atoms with van der Waals surface area (Å²) in [7, 11) is 0. The predicted molar refractivity (Wildman–Crippen MR) is 120 cm³/mol. The Labute approximate surface area is 210 Å². The lowest BCUT2D eigenvalue weighted by atomic mass is 9.93. The lowest BCUT2D eigenvalue weighted by Crippen LogP contribution is -2.51. The number of hydrogen-bond donors (Lipinski definition) is 1. The monoisotopic (exact) mass is 540 g/mol. The van der Waals surface area contributed by atoms with Gasteiger partial charge in [-0.05, 0) is 62.8 Å². The maximum atomic E-state index is 12.7. The van der Waals surface area contributed by atoms with E-state index in [4.69, 9.17) is 4.74 Å². The van der Waals surface area contributed by atoms with Crippen LogP contribution in [-0.2, 0) is 20.9 Å². The first-order valence-corrected chi connectivity index (χ1v) is 11.9. The number of carbonyl (C=O) groups excluding carboxylic acids is 1. The average molecular weight is 541 g/mol. The van der Waals surface area contributed by atoms with Crippen molar-refractivity contribution in [3.05, 3.63) is 29.3 Å². The summed E-state index contributed by atoms with van der Waals surface area (Å²) in [6, 6.07) is 5.90. The first-order valence-electron chi connectivity index (χ1n) is 11.9. The molecule has 3 rings (SSSR count). The van der Waals surface area contributed by atoms with E-state index in [1.807, 2.05) is 25.1 Å². The van der Waals surface area contributed by atoms with Gasteiger partial charge in [0.15, 0.2) is 0 Å². The van der Waals surface area contributed by atoms with Crippen molar-refractivity contribution in [3.8, 4) is 0 Å². The molecule has 0 spiro atoms. The number of carboxylic acid groups (broad SMARTS) is 1. The second-order valence-electron chi connectivity index (χ2n) is 9.85. The molecular weight excluding hydrogens is 510 g/mol. The van der Waals surface area contributed by atoms with E-state index in [1.165, 1.54) is 0 Å². The summed E-state index contributed by atoms with van der Waals surface area (Å²) < 4.78 is 86.0. The zero-order chi connectivity index (χ0) is 27.6. The number of likely N-dealkylation sites (tertiary alicyclic amines) is 1. The molecule has 1 aromatic rings. The van der Waals surface area contributed by atoms with Crippen molar-refractivity contribution < 1.29 is 50.5 Å². The fourth-order valence-corrected chi connectivity index (χ4v) is 4.55. The van der Waals surface area contributed by atoms with Crippen molar-refractivity contribution in [2.45, 2.75) is 70.2 Å². The summed E-state index contributed by atoms with van der Waals surface area (Å²) in [5.74, 6) is -1.13. The van der Waals surface area contributed by atoms with Gasteiger partial charge >= 0.3 is 24.4 Å². The molecule has 0 radical (unpaired) electrons. The van der Waals surface area contributed by atoms with Gasteiger partial charge < -0.3 is 24.4 Å². The molecular formula is C24H30F6N2O5.